The molecule has 0 bridgehead atoms. The van der Waals surface area contributed by atoms with Gasteiger partial charge in [-0.25, -0.2) is 0 Å². The third-order valence-corrected chi connectivity index (χ3v) is 5.87. The molecule has 2 saturated heterocycles. The number of piperazine rings is 1. The SMILES string of the molecule is COc1ccccc1C1CNCCN1CC#CCN1C(=O)CSC1C. The molecular weight excluding hydrogens is 334 g/mol. The Bertz CT molecular complexity index is 670. The van der Waals surface area contributed by atoms with Crippen LogP contribution in [0.15, 0.2) is 24.3 Å². The van der Waals surface area contributed by atoms with E-state index < -0.39 is 0 Å². The van der Waals surface area contributed by atoms with Gasteiger partial charge < -0.3 is 15.0 Å². The number of ether oxygens (including phenoxy) is 1. The first kappa shape index (κ1) is 18.1. The molecule has 2 aliphatic rings. The standard InChI is InChI=1S/C19H25N3O2S/c1-15-22(19(23)14-25-15)11-6-5-10-21-12-9-20-13-17(21)16-7-3-4-8-18(16)24-2/h3-4,7-8,15,17,20H,9-14H2,1-2H3. The molecule has 2 fully saturated rings. The Hall–Kier alpha value is -1.68. The van der Waals surface area contributed by atoms with Gasteiger partial charge in [0, 0.05) is 25.2 Å². The largest absolute Gasteiger partial charge is 0.496 e. The molecule has 2 heterocycles. The topological polar surface area (TPSA) is 44.8 Å². The first-order chi connectivity index (χ1) is 12.2. The molecular formula is C19H25N3O2S. The van der Waals surface area contributed by atoms with Crippen molar-refractivity contribution in [2.45, 2.75) is 18.3 Å². The van der Waals surface area contributed by atoms with Gasteiger partial charge in [0.1, 0.15) is 5.75 Å². The van der Waals surface area contributed by atoms with Gasteiger partial charge in [-0.1, -0.05) is 30.0 Å². The number of carbonyl (C=O) groups is 1. The number of methoxy groups -OCH3 is 1. The van der Waals surface area contributed by atoms with Crippen molar-refractivity contribution >= 4 is 17.7 Å². The average Bonchev–Trinajstić information content (AvgIpc) is 2.97. The summed E-state index contributed by atoms with van der Waals surface area (Å²) in [7, 11) is 1.71. The Morgan fingerprint density at radius 2 is 2.12 bits per heavy atom. The number of hydrogen-bond donors (Lipinski definition) is 1. The van der Waals surface area contributed by atoms with E-state index in [1.165, 1.54) is 5.56 Å². The number of para-hydroxylation sites is 1. The first-order valence-corrected chi connectivity index (χ1v) is 9.70. The minimum Gasteiger partial charge on any atom is -0.496 e. The maximum absolute atomic E-state index is 11.8. The summed E-state index contributed by atoms with van der Waals surface area (Å²) < 4.78 is 5.53. The lowest BCUT2D eigenvalue weighted by Crippen LogP contribution is -2.46. The molecule has 0 aliphatic carbocycles. The van der Waals surface area contributed by atoms with Gasteiger partial charge in [-0.05, 0) is 13.0 Å². The molecule has 1 aromatic carbocycles. The minimum absolute atomic E-state index is 0.195. The van der Waals surface area contributed by atoms with Crippen molar-refractivity contribution in [2.75, 3.05) is 45.6 Å². The third kappa shape index (κ3) is 4.30. The molecule has 1 amide bonds. The molecule has 5 nitrogen and oxygen atoms in total. The summed E-state index contributed by atoms with van der Waals surface area (Å²) in [5.41, 5.74) is 1.19. The van der Waals surface area contributed by atoms with Crippen molar-refractivity contribution in [3.05, 3.63) is 29.8 Å². The van der Waals surface area contributed by atoms with Crippen LogP contribution in [0.1, 0.15) is 18.5 Å². The van der Waals surface area contributed by atoms with Crippen molar-refractivity contribution in [3.63, 3.8) is 0 Å². The fourth-order valence-electron chi connectivity index (χ4n) is 3.27. The Kier molecular flexibility index (Phi) is 6.24. The smallest absolute Gasteiger partial charge is 0.234 e. The number of amides is 1. The lowest BCUT2D eigenvalue weighted by Gasteiger charge is -2.35. The second-order valence-electron chi connectivity index (χ2n) is 6.22. The summed E-state index contributed by atoms with van der Waals surface area (Å²) in [5.74, 6) is 8.14. The van der Waals surface area contributed by atoms with Crippen LogP contribution in [-0.4, -0.2) is 66.7 Å². The van der Waals surface area contributed by atoms with Gasteiger partial charge in [-0.3, -0.25) is 9.69 Å². The molecule has 0 spiro atoms. The molecule has 0 radical (unpaired) electrons. The summed E-state index contributed by atoms with van der Waals surface area (Å²) in [6, 6.07) is 8.43. The highest BCUT2D eigenvalue weighted by Gasteiger charge is 2.27. The summed E-state index contributed by atoms with van der Waals surface area (Å²) in [5, 5.41) is 3.70. The van der Waals surface area contributed by atoms with Crippen molar-refractivity contribution in [1.82, 2.24) is 15.1 Å². The molecule has 134 valence electrons. The molecule has 6 heteroatoms. The van der Waals surface area contributed by atoms with E-state index in [2.05, 4.69) is 35.0 Å². The molecule has 3 rings (SSSR count). The Morgan fingerprint density at radius 3 is 2.88 bits per heavy atom. The summed E-state index contributed by atoms with van der Waals surface area (Å²) in [4.78, 5) is 16.0. The Balaban J connectivity index is 1.64. The molecule has 1 aromatic rings. The van der Waals surface area contributed by atoms with E-state index in [4.69, 9.17) is 4.74 Å². The number of carbonyl (C=O) groups excluding carboxylic acids is 1. The van der Waals surface area contributed by atoms with Crippen LogP contribution in [0, 0.1) is 11.8 Å². The number of benzene rings is 1. The average molecular weight is 359 g/mol. The second-order valence-corrected chi connectivity index (χ2v) is 7.52. The maximum Gasteiger partial charge on any atom is 0.234 e. The number of hydrogen-bond acceptors (Lipinski definition) is 5. The molecule has 1 N–H and O–H groups in total. The lowest BCUT2D eigenvalue weighted by atomic mass is 10.0. The number of nitrogens with one attached hydrogen (secondary N) is 1. The van der Waals surface area contributed by atoms with Crippen molar-refractivity contribution in [2.24, 2.45) is 0 Å². The molecule has 2 aliphatic heterocycles. The van der Waals surface area contributed by atoms with Crippen molar-refractivity contribution in [3.8, 4) is 17.6 Å². The summed E-state index contributed by atoms with van der Waals surface area (Å²) in [6.45, 7) is 6.09. The normalized spacial score (nSPS) is 24.1. The van der Waals surface area contributed by atoms with Gasteiger partial charge in [0.05, 0.1) is 37.4 Å². The van der Waals surface area contributed by atoms with Gasteiger partial charge in [0.25, 0.3) is 0 Å². The van der Waals surface area contributed by atoms with Crippen molar-refractivity contribution in [1.29, 1.82) is 0 Å². The molecule has 0 aromatic heterocycles. The van der Waals surface area contributed by atoms with E-state index in [0.29, 0.717) is 18.8 Å². The van der Waals surface area contributed by atoms with Gasteiger partial charge in [0.2, 0.25) is 5.91 Å². The fraction of sp³-hybridized carbons (Fsp3) is 0.526. The summed E-state index contributed by atoms with van der Waals surface area (Å²) >= 11 is 1.68. The molecule has 0 saturated carbocycles. The van der Waals surface area contributed by atoms with E-state index in [1.54, 1.807) is 18.9 Å². The highest BCUT2D eigenvalue weighted by atomic mass is 32.2. The zero-order valence-corrected chi connectivity index (χ0v) is 15.6. The van der Waals surface area contributed by atoms with Gasteiger partial charge in [-0.15, -0.1) is 11.8 Å². The number of nitrogens with zero attached hydrogens (tertiary/aromatic N) is 2. The number of thioether (sulfide) groups is 1. The van der Waals surface area contributed by atoms with Crippen LogP contribution in [0.5, 0.6) is 5.75 Å². The van der Waals surface area contributed by atoms with Crippen LogP contribution in [0.4, 0.5) is 0 Å². The fourth-order valence-corrected chi connectivity index (χ4v) is 4.19. The molecule has 25 heavy (non-hydrogen) atoms. The zero-order valence-electron chi connectivity index (χ0n) is 14.8. The van der Waals surface area contributed by atoms with E-state index in [-0.39, 0.29) is 17.3 Å². The monoisotopic (exact) mass is 359 g/mol. The van der Waals surface area contributed by atoms with Gasteiger partial charge in [0.15, 0.2) is 0 Å². The Morgan fingerprint density at radius 1 is 1.32 bits per heavy atom. The lowest BCUT2D eigenvalue weighted by molar-refractivity contribution is -0.127. The zero-order chi connectivity index (χ0) is 17.6. The second kappa shape index (κ2) is 8.61. The van der Waals surface area contributed by atoms with Crippen LogP contribution in [0.3, 0.4) is 0 Å². The van der Waals surface area contributed by atoms with Crippen molar-refractivity contribution < 1.29 is 9.53 Å². The Labute approximate surface area is 154 Å². The molecule has 2 atom stereocenters. The van der Waals surface area contributed by atoms with Gasteiger partial charge in [-0.2, -0.15) is 0 Å². The van der Waals surface area contributed by atoms with E-state index in [0.717, 1.165) is 25.4 Å². The van der Waals surface area contributed by atoms with Crippen LogP contribution in [-0.2, 0) is 4.79 Å². The highest BCUT2D eigenvalue weighted by molar-refractivity contribution is 8.00. The maximum atomic E-state index is 11.8. The first-order valence-electron chi connectivity index (χ1n) is 8.65. The third-order valence-electron chi connectivity index (χ3n) is 4.72. The highest BCUT2D eigenvalue weighted by Crippen LogP contribution is 2.29. The van der Waals surface area contributed by atoms with E-state index in [9.17, 15) is 4.79 Å². The van der Waals surface area contributed by atoms with E-state index >= 15 is 0 Å². The molecule has 2 unspecified atom stereocenters. The predicted octanol–water partition coefficient (Wildman–Crippen LogP) is 1.57. The van der Waals surface area contributed by atoms with Crippen LogP contribution in [0.25, 0.3) is 0 Å². The summed E-state index contributed by atoms with van der Waals surface area (Å²) in [6.07, 6.45) is 0. The van der Waals surface area contributed by atoms with Crippen LogP contribution >= 0.6 is 11.8 Å². The van der Waals surface area contributed by atoms with Gasteiger partial charge >= 0.3 is 0 Å². The van der Waals surface area contributed by atoms with E-state index in [1.807, 2.05) is 23.1 Å². The van der Waals surface area contributed by atoms with Crippen LogP contribution < -0.4 is 10.1 Å². The quantitative estimate of drug-likeness (QED) is 0.827. The minimum atomic E-state index is 0.195. The predicted molar refractivity (Wildman–Crippen MR) is 102 cm³/mol. The number of rotatable bonds is 4. The van der Waals surface area contributed by atoms with Crippen LogP contribution in [0.2, 0.25) is 0 Å².